The van der Waals surface area contributed by atoms with Crippen molar-refractivity contribution in [3.63, 3.8) is 0 Å². The van der Waals surface area contributed by atoms with Crippen LogP contribution >= 0.6 is 0 Å². The summed E-state index contributed by atoms with van der Waals surface area (Å²) in [5.41, 5.74) is 0. The van der Waals surface area contributed by atoms with Gasteiger partial charge in [0.05, 0.1) is 6.61 Å². The van der Waals surface area contributed by atoms with Gasteiger partial charge >= 0.3 is 0 Å². The van der Waals surface area contributed by atoms with E-state index in [0.29, 0.717) is 0 Å². The predicted octanol–water partition coefficient (Wildman–Crippen LogP) is -3.09. The van der Waals surface area contributed by atoms with Crippen molar-refractivity contribution in [1.29, 1.82) is 0 Å². The summed E-state index contributed by atoms with van der Waals surface area (Å²) in [4.78, 5) is 3.52. The van der Waals surface area contributed by atoms with Crippen molar-refractivity contribution in [2.24, 2.45) is 0 Å². The summed E-state index contributed by atoms with van der Waals surface area (Å²) >= 11 is 0. The van der Waals surface area contributed by atoms with E-state index < -0.39 is 37.6 Å². The van der Waals surface area contributed by atoms with E-state index in [0.717, 1.165) is 0 Å². The van der Waals surface area contributed by atoms with Crippen LogP contribution in [-0.4, -0.2) is 68.4 Å². The summed E-state index contributed by atoms with van der Waals surface area (Å²) in [6.45, 7) is -1.35. The molecule has 0 heterocycles. The van der Waals surface area contributed by atoms with E-state index in [1.165, 1.54) is 0 Å². The zero-order valence-electron chi connectivity index (χ0n) is 7.17. The summed E-state index contributed by atoms with van der Waals surface area (Å²) in [6.07, 6.45) is -6.49. The van der Waals surface area contributed by atoms with Gasteiger partial charge in [-0.05, 0) is 0 Å². The van der Waals surface area contributed by atoms with Gasteiger partial charge in [0.2, 0.25) is 0 Å². The molecule has 0 amide bonds. The van der Waals surface area contributed by atoms with Gasteiger partial charge in [0.25, 0.3) is 0 Å². The van der Waals surface area contributed by atoms with E-state index in [2.05, 4.69) is 4.89 Å². The Morgan fingerprint density at radius 2 is 1.36 bits per heavy atom. The van der Waals surface area contributed by atoms with Crippen LogP contribution in [0.2, 0.25) is 0 Å². The molecule has 0 aromatic heterocycles. The van der Waals surface area contributed by atoms with Gasteiger partial charge < -0.3 is 25.5 Å². The Labute approximate surface area is 91.0 Å². The minimum atomic E-state index is -1.70. The van der Waals surface area contributed by atoms with Gasteiger partial charge in [-0.2, -0.15) is 0 Å². The number of aliphatic hydroxyl groups excluding tert-OH is 5. The molecule has 7 nitrogen and oxygen atoms in total. The molecule has 0 radical (unpaired) electrons. The topological polar surface area (TPSA) is 131 Å². The minimum absolute atomic E-state index is 0. The summed E-state index contributed by atoms with van der Waals surface area (Å²) in [6, 6.07) is 0. The fourth-order valence-electron chi connectivity index (χ4n) is 0.738. The maximum atomic E-state index is 9.06. The molecule has 0 saturated carbocycles. The third kappa shape index (κ3) is 5.20. The van der Waals surface area contributed by atoms with E-state index in [1.54, 1.807) is 0 Å². The second kappa shape index (κ2) is 8.54. The maximum Gasteiger partial charge on any atom is 0.111 e. The van der Waals surface area contributed by atoms with E-state index in [1.807, 2.05) is 0 Å². The molecule has 0 rings (SSSR count). The molecule has 0 aromatic carbocycles. The second-order valence-corrected chi connectivity index (χ2v) is 2.59. The van der Waals surface area contributed by atoms with E-state index >= 15 is 0 Å². The molecule has 4 atom stereocenters. The van der Waals surface area contributed by atoms with Crippen LogP contribution in [-0.2, 0) is 22.0 Å². The van der Waals surface area contributed by atoms with E-state index in [9.17, 15) is 0 Å². The molecule has 0 aliphatic carbocycles. The number of rotatable bonds is 6. The monoisotopic (exact) mass is 254 g/mol. The molecule has 8 heteroatoms. The Kier molecular flexibility index (Phi) is 10.2. The summed E-state index contributed by atoms with van der Waals surface area (Å²) in [5, 5.41) is 52.1. The molecular weight excluding hydrogens is 240 g/mol. The SMILES string of the molecule is OC[C@@H](O)[C@@H](O)[C@H](O)[C@H](O)COO.[Fe]. The fraction of sp³-hybridized carbons (Fsp3) is 1.00. The molecule has 0 unspecified atom stereocenters. The normalized spacial score (nSPS) is 19.3. The van der Waals surface area contributed by atoms with E-state index in [-0.39, 0.29) is 17.1 Å². The standard InChI is InChI=1S/C6H14O7.Fe/c7-1-3(8)5(10)6(11)4(9)2-13-12;/h3-12H,1-2H2;/t3-,4-,5-,6-;/m1./s1. The fourth-order valence-corrected chi connectivity index (χ4v) is 0.738. The van der Waals surface area contributed by atoms with Crippen molar-refractivity contribution in [2.75, 3.05) is 13.2 Å². The Bertz CT molecular complexity index is 135. The van der Waals surface area contributed by atoms with Crippen molar-refractivity contribution in [3.8, 4) is 0 Å². The first-order valence-electron chi connectivity index (χ1n) is 3.64. The Morgan fingerprint density at radius 1 is 0.929 bits per heavy atom. The Hall–Kier alpha value is 0.239. The van der Waals surface area contributed by atoms with Gasteiger partial charge in [-0.15, -0.1) is 0 Å². The largest absolute Gasteiger partial charge is 0.394 e. The summed E-state index contributed by atoms with van der Waals surface area (Å²) in [5.74, 6) is 0. The average Bonchev–Trinajstić information content (AvgIpc) is 2.14. The Balaban J connectivity index is 0. The maximum absolute atomic E-state index is 9.06. The average molecular weight is 254 g/mol. The molecule has 0 aliphatic rings. The van der Waals surface area contributed by atoms with Crippen LogP contribution < -0.4 is 0 Å². The van der Waals surface area contributed by atoms with Crippen molar-refractivity contribution in [2.45, 2.75) is 24.4 Å². The number of hydrogen-bond donors (Lipinski definition) is 6. The van der Waals surface area contributed by atoms with Crippen molar-refractivity contribution in [1.82, 2.24) is 0 Å². The van der Waals surface area contributed by atoms with Gasteiger partial charge in [0, 0.05) is 17.1 Å². The smallest absolute Gasteiger partial charge is 0.111 e. The molecular formula is C6H14FeO7. The third-order valence-electron chi connectivity index (χ3n) is 1.57. The number of aliphatic hydroxyl groups is 5. The van der Waals surface area contributed by atoms with Crippen LogP contribution in [0.1, 0.15) is 0 Å². The zero-order chi connectivity index (χ0) is 10.4. The van der Waals surface area contributed by atoms with E-state index in [4.69, 9.17) is 30.8 Å². The van der Waals surface area contributed by atoms with Crippen LogP contribution in [0.4, 0.5) is 0 Å². The zero-order valence-corrected chi connectivity index (χ0v) is 8.27. The van der Waals surface area contributed by atoms with Crippen LogP contribution in [0, 0.1) is 0 Å². The molecule has 0 fully saturated rings. The van der Waals surface area contributed by atoms with Crippen molar-refractivity contribution >= 4 is 0 Å². The van der Waals surface area contributed by atoms with Gasteiger partial charge in [0.15, 0.2) is 0 Å². The molecule has 6 N–H and O–H groups in total. The van der Waals surface area contributed by atoms with Crippen molar-refractivity contribution in [3.05, 3.63) is 0 Å². The second-order valence-electron chi connectivity index (χ2n) is 2.59. The first-order chi connectivity index (χ1) is 6.04. The molecule has 0 saturated heterocycles. The quantitative estimate of drug-likeness (QED) is 0.168. The molecule has 0 aliphatic heterocycles. The van der Waals surface area contributed by atoms with Gasteiger partial charge in [-0.25, -0.2) is 4.89 Å². The summed E-state index contributed by atoms with van der Waals surface area (Å²) in [7, 11) is 0. The van der Waals surface area contributed by atoms with Gasteiger partial charge in [-0.3, -0.25) is 5.26 Å². The Morgan fingerprint density at radius 3 is 1.71 bits per heavy atom. The van der Waals surface area contributed by atoms with Crippen LogP contribution in [0.5, 0.6) is 0 Å². The van der Waals surface area contributed by atoms with Crippen LogP contribution in [0.25, 0.3) is 0 Å². The molecule has 0 bridgehead atoms. The predicted molar refractivity (Wildman–Crippen MR) is 39.7 cm³/mol. The van der Waals surface area contributed by atoms with Crippen LogP contribution in [0.15, 0.2) is 0 Å². The molecule has 14 heavy (non-hydrogen) atoms. The summed E-state index contributed by atoms with van der Waals surface area (Å²) < 4.78 is 0. The minimum Gasteiger partial charge on any atom is -0.394 e. The van der Waals surface area contributed by atoms with Gasteiger partial charge in [-0.1, -0.05) is 0 Å². The third-order valence-corrected chi connectivity index (χ3v) is 1.57. The molecule has 0 spiro atoms. The molecule has 88 valence electrons. The number of hydrogen-bond acceptors (Lipinski definition) is 7. The first-order valence-corrected chi connectivity index (χ1v) is 3.64. The van der Waals surface area contributed by atoms with Gasteiger partial charge in [0.1, 0.15) is 31.0 Å². The first kappa shape index (κ1) is 16.7. The molecule has 0 aromatic rings. The van der Waals surface area contributed by atoms with Crippen LogP contribution in [0.3, 0.4) is 0 Å². The van der Waals surface area contributed by atoms with Crippen molar-refractivity contribution < 1.29 is 52.7 Å².